The van der Waals surface area contributed by atoms with E-state index in [0.717, 1.165) is 16.3 Å². The molecule has 0 atom stereocenters. The number of aromatic nitrogens is 3. The zero-order valence-electron chi connectivity index (χ0n) is 11.4. The van der Waals surface area contributed by atoms with Crippen LogP contribution in [0.25, 0.3) is 0 Å². The maximum atomic E-state index is 10.9. The Morgan fingerprint density at radius 2 is 2.24 bits per heavy atom. The van der Waals surface area contributed by atoms with Crippen LogP contribution in [0.15, 0.2) is 35.4 Å². The Bertz CT molecular complexity index is 602. The van der Waals surface area contributed by atoms with Gasteiger partial charge in [0.15, 0.2) is 0 Å². The zero-order chi connectivity index (χ0) is 15.1. The fraction of sp³-hybridized carbons (Fsp3) is 0.308. The minimum absolute atomic E-state index is 0.0306. The van der Waals surface area contributed by atoms with Crippen LogP contribution in [-0.4, -0.2) is 38.4 Å². The van der Waals surface area contributed by atoms with Gasteiger partial charge < -0.3 is 16.2 Å². The minimum atomic E-state index is -0.346. The second kappa shape index (κ2) is 7.65. The lowest BCUT2D eigenvalue weighted by Gasteiger charge is -2.09. The van der Waals surface area contributed by atoms with Crippen LogP contribution in [-0.2, 0) is 17.9 Å². The number of rotatable bonds is 8. The van der Waals surface area contributed by atoms with Gasteiger partial charge in [0.2, 0.25) is 5.91 Å². The predicted molar refractivity (Wildman–Crippen MR) is 80.8 cm³/mol. The number of aliphatic hydroxyl groups excluding tert-OH is 1. The predicted octanol–water partition coefficient (Wildman–Crippen LogP) is 0.460. The third kappa shape index (κ3) is 4.76. The summed E-state index contributed by atoms with van der Waals surface area (Å²) in [6, 6.07) is 7.69. The molecule has 1 aromatic carbocycles. The van der Waals surface area contributed by atoms with Crippen LogP contribution in [0.4, 0.5) is 5.69 Å². The lowest BCUT2D eigenvalue weighted by molar-refractivity contribution is -0.115. The average molecular weight is 307 g/mol. The molecule has 7 nitrogen and oxygen atoms in total. The standard InChI is InChI=1S/C13H17N5O2S/c14-13(20)9-21-12-4-2-1-3-11(12)15-7-10-8-18(5-6-19)17-16-10/h1-4,8,15,19H,5-7,9H2,(H2,14,20). The molecule has 0 bridgehead atoms. The third-order valence-corrected chi connectivity index (χ3v) is 3.73. The van der Waals surface area contributed by atoms with Gasteiger partial charge in [-0.1, -0.05) is 17.3 Å². The molecule has 0 radical (unpaired) electrons. The van der Waals surface area contributed by atoms with E-state index in [0.29, 0.717) is 13.1 Å². The van der Waals surface area contributed by atoms with Crippen molar-refractivity contribution in [2.75, 3.05) is 17.7 Å². The van der Waals surface area contributed by atoms with Gasteiger partial charge in [-0.3, -0.25) is 4.79 Å². The van der Waals surface area contributed by atoms with Gasteiger partial charge in [0, 0.05) is 10.6 Å². The summed E-state index contributed by atoms with van der Waals surface area (Å²) in [7, 11) is 0. The molecule has 4 N–H and O–H groups in total. The number of hydrogen-bond donors (Lipinski definition) is 3. The van der Waals surface area contributed by atoms with E-state index < -0.39 is 0 Å². The van der Waals surface area contributed by atoms with Gasteiger partial charge in [0.05, 0.1) is 31.6 Å². The fourth-order valence-electron chi connectivity index (χ4n) is 1.70. The first kappa shape index (κ1) is 15.3. The highest BCUT2D eigenvalue weighted by molar-refractivity contribution is 8.00. The minimum Gasteiger partial charge on any atom is -0.394 e. The molecule has 0 saturated heterocycles. The molecular formula is C13H17N5O2S. The van der Waals surface area contributed by atoms with Crippen molar-refractivity contribution in [3.8, 4) is 0 Å². The van der Waals surface area contributed by atoms with Gasteiger partial charge in [-0.25, -0.2) is 4.68 Å². The molecule has 0 unspecified atom stereocenters. The Morgan fingerprint density at radius 1 is 1.43 bits per heavy atom. The molecule has 0 fully saturated rings. The number of nitrogens with one attached hydrogen (secondary N) is 1. The molecule has 2 rings (SSSR count). The van der Waals surface area contributed by atoms with E-state index in [1.54, 1.807) is 10.9 Å². The van der Waals surface area contributed by atoms with Gasteiger partial charge in [-0.2, -0.15) is 0 Å². The number of benzene rings is 1. The van der Waals surface area contributed by atoms with Gasteiger partial charge >= 0.3 is 0 Å². The number of hydrogen-bond acceptors (Lipinski definition) is 6. The maximum Gasteiger partial charge on any atom is 0.227 e. The molecular weight excluding hydrogens is 290 g/mol. The van der Waals surface area contributed by atoms with Crippen molar-refractivity contribution >= 4 is 23.4 Å². The number of anilines is 1. The fourth-order valence-corrected chi connectivity index (χ4v) is 2.47. The molecule has 0 spiro atoms. The van der Waals surface area contributed by atoms with Gasteiger partial charge in [-0.05, 0) is 12.1 Å². The van der Waals surface area contributed by atoms with Crippen molar-refractivity contribution in [2.45, 2.75) is 18.0 Å². The summed E-state index contributed by atoms with van der Waals surface area (Å²) in [6.45, 7) is 0.973. The summed E-state index contributed by atoms with van der Waals surface area (Å²) in [4.78, 5) is 11.8. The number of para-hydroxylation sites is 1. The van der Waals surface area contributed by atoms with Crippen molar-refractivity contribution in [3.05, 3.63) is 36.2 Å². The number of thioether (sulfide) groups is 1. The molecule has 112 valence electrons. The molecule has 1 amide bonds. The van der Waals surface area contributed by atoms with E-state index in [1.165, 1.54) is 11.8 Å². The monoisotopic (exact) mass is 307 g/mol. The molecule has 1 heterocycles. The van der Waals surface area contributed by atoms with Crippen molar-refractivity contribution in [3.63, 3.8) is 0 Å². The third-order valence-electron chi connectivity index (χ3n) is 2.63. The topological polar surface area (TPSA) is 106 Å². The Kier molecular flexibility index (Phi) is 5.59. The molecule has 0 aliphatic carbocycles. The maximum absolute atomic E-state index is 10.9. The zero-order valence-corrected chi connectivity index (χ0v) is 12.2. The summed E-state index contributed by atoms with van der Waals surface area (Å²) >= 11 is 1.39. The van der Waals surface area contributed by atoms with Crippen LogP contribution in [0.1, 0.15) is 5.69 Å². The first-order chi connectivity index (χ1) is 10.2. The largest absolute Gasteiger partial charge is 0.394 e. The number of carbonyl (C=O) groups is 1. The van der Waals surface area contributed by atoms with Crippen LogP contribution in [0.2, 0.25) is 0 Å². The summed E-state index contributed by atoms with van der Waals surface area (Å²) < 4.78 is 1.59. The van der Waals surface area contributed by atoms with Crippen LogP contribution in [0, 0.1) is 0 Å². The van der Waals surface area contributed by atoms with E-state index in [4.69, 9.17) is 10.8 Å². The smallest absolute Gasteiger partial charge is 0.227 e. The number of nitrogens with two attached hydrogens (primary N) is 1. The summed E-state index contributed by atoms with van der Waals surface area (Å²) in [5.74, 6) is -0.104. The Labute approximate surface area is 126 Å². The lowest BCUT2D eigenvalue weighted by atomic mass is 10.3. The average Bonchev–Trinajstić information content (AvgIpc) is 2.92. The van der Waals surface area contributed by atoms with Crippen molar-refractivity contribution in [1.82, 2.24) is 15.0 Å². The Hall–Kier alpha value is -2.06. The number of primary amides is 1. The molecule has 0 aliphatic heterocycles. The molecule has 2 aromatic rings. The lowest BCUT2D eigenvalue weighted by Crippen LogP contribution is -2.13. The van der Waals surface area contributed by atoms with Crippen molar-refractivity contribution in [2.24, 2.45) is 5.73 Å². The van der Waals surface area contributed by atoms with Crippen LogP contribution in [0.5, 0.6) is 0 Å². The molecule has 0 aliphatic rings. The van der Waals surface area contributed by atoms with Crippen LogP contribution in [0.3, 0.4) is 0 Å². The van der Waals surface area contributed by atoms with E-state index in [1.807, 2.05) is 24.3 Å². The summed E-state index contributed by atoms with van der Waals surface area (Å²) in [5.41, 5.74) is 6.86. The number of carbonyl (C=O) groups excluding carboxylic acids is 1. The number of nitrogens with zero attached hydrogens (tertiary/aromatic N) is 3. The molecule has 21 heavy (non-hydrogen) atoms. The summed E-state index contributed by atoms with van der Waals surface area (Å²) in [6.07, 6.45) is 1.78. The van der Waals surface area contributed by atoms with Crippen LogP contribution >= 0.6 is 11.8 Å². The van der Waals surface area contributed by atoms with Gasteiger partial charge in [-0.15, -0.1) is 16.9 Å². The first-order valence-electron chi connectivity index (χ1n) is 6.43. The van der Waals surface area contributed by atoms with Gasteiger partial charge in [0.1, 0.15) is 5.69 Å². The van der Waals surface area contributed by atoms with Crippen LogP contribution < -0.4 is 11.1 Å². The first-order valence-corrected chi connectivity index (χ1v) is 7.41. The molecule has 1 aromatic heterocycles. The highest BCUT2D eigenvalue weighted by Gasteiger charge is 2.06. The van der Waals surface area contributed by atoms with E-state index in [2.05, 4.69) is 15.6 Å². The number of aliphatic hydroxyl groups is 1. The normalized spacial score (nSPS) is 10.5. The Morgan fingerprint density at radius 3 is 3.00 bits per heavy atom. The molecule has 0 saturated carbocycles. The second-order valence-electron chi connectivity index (χ2n) is 4.30. The second-order valence-corrected chi connectivity index (χ2v) is 5.32. The summed E-state index contributed by atoms with van der Waals surface area (Å²) in [5, 5.41) is 20.0. The molecule has 8 heteroatoms. The quantitative estimate of drug-likeness (QED) is 0.612. The van der Waals surface area contributed by atoms with Crippen molar-refractivity contribution < 1.29 is 9.90 Å². The SMILES string of the molecule is NC(=O)CSc1ccccc1NCc1cn(CCO)nn1. The van der Waals surface area contributed by atoms with E-state index in [-0.39, 0.29) is 18.3 Å². The highest BCUT2D eigenvalue weighted by atomic mass is 32.2. The Balaban J connectivity index is 1.96. The number of amides is 1. The van der Waals surface area contributed by atoms with E-state index in [9.17, 15) is 4.79 Å². The van der Waals surface area contributed by atoms with Crippen molar-refractivity contribution in [1.29, 1.82) is 0 Å². The van der Waals surface area contributed by atoms with E-state index >= 15 is 0 Å². The highest BCUT2D eigenvalue weighted by Crippen LogP contribution is 2.26. The van der Waals surface area contributed by atoms with Gasteiger partial charge in [0.25, 0.3) is 0 Å².